The van der Waals surface area contributed by atoms with Gasteiger partial charge in [0.1, 0.15) is 6.04 Å². The standard InChI is InChI=1S/C20H19N3O3S/c24-27(25,15-13-16-8-3-1-4-9-16)23-14-7-12-18(23)20-21-19(22-26-20)17-10-5-2-6-11-17/h1-6,8-11,13,15,18H,7,12,14H2. The van der Waals surface area contributed by atoms with Gasteiger partial charge in [-0.2, -0.15) is 9.29 Å². The highest BCUT2D eigenvalue weighted by atomic mass is 32.2. The largest absolute Gasteiger partial charge is 0.337 e. The Balaban J connectivity index is 1.57. The fourth-order valence-electron chi connectivity index (χ4n) is 3.17. The second-order valence-corrected chi connectivity index (χ2v) is 8.12. The summed E-state index contributed by atoms with van der Waals surface area (Å²) in [6.45, 7) is 0.440. The number of aromatic nitrogens is 2. The average Bonchev–Trinajstić information content (AvgIpc) is 3.38. The highest BCUT2D eigenvalue weighted by molar-refractivity contribution is 7.92. The highest BCUT2D eigenvalue weighted by Crippen LogP contribution is 2.34. The Morgan fingerprint density at radius 1 is 1.04 bits per heavy atom. The Morgan fingerprint density at radius 2 is 1.74 bits per heavy atom. The summed E-state index contributed by atoms with van der Waals surface area (Å²) < 4.78 is 32.5. The molecule has 1 saturated heterocycles. The molecule has 4 rings (SSSR count). The van der Waals surface area contributed by atoms with Crippen LogP contribution in [-0.4, -0.2) is 29.4 Å². The minimum absolute atomic E-state index is 0.336. The fraction of sp³-hybridized carbons (Fsp3) is 0.200. The van der Waals surface area contributed by atoms with Crippen LogP contribution in [0.2, 0.25) is 0 Å². The van der Waals surface area contributed by atoms with Crippen LogP contribution in [-0.2, 0) is 10.0 Å². The number of rotatable bonds is 5. The summed E-state index contributed by atoms with van der Waals surface area (Å²) in [5.41, 5.74) is 1.67. The predicted octanol–water partition coefficient (Wildman–Crippen LogP) is 3.87. The molecule has 1 aliphatic heterocycles. The van der Waals surface area contributed by atoms with Crippen LogP contribution in [0.15, 0.2) is 70.6 Å². The third-order valence-corrected chi connectivity index (χ3v) is 6.09. The minimum atomic E-state index is -3.59. The molecule has 1 aliphatic rings. The molecule has 138 valence electrons. The maximum Gasteiger partial charge on any atom is 0.245 e. The van der Waals surface area contributed by atoms with Crippen molar-refractivity contribution in [1.29, 1.82) is 0 Å². The number of nitrogens with zero attached hydrogens (tertiary/aromatic N) is 3. The monoisotopic (exact) mass is 381 g/mol. The van der Waals surface area contributed by atoms with E-state index in [1.807, 2.05) is 60.7 Å². The van der Waals surface area contributed by atoms with Gasteiger partial charge in [-0.25, -0.2) is 8.42 Å². The zero-order valence-electron chi connectivity index (χ0n) is 14.6. The Labute approximate surface area is 158 Å². The van der Waals surface area contributed by atoms with E-state index in [4.69, 9.17) is 4.52 Å². The number of benzene rings is 2. The first-order valence-electron chi connectivity index (χ1n) is 8.77. The summed E-state index contributed by atoms with van der Waals surface area (Å²) >= 11 is 0. The molecule has 0 bridgehead atoms. The van der Waals surface area contributed by atoms with Crippen LogP contribution >= 0.6 is 0 Å². The molecule has 1 fully saturated rings. The van der Waals surface area contributed by atoms with Crippen molar-refractivity contribution in [3.8, 4) is 11.4 Å². The molecule has 27 heavy (non-hydrogen) atoms. The van der Waals surface area contributed by atoms with Crippen LogP contribution < -0.4 is 0 Å². The number of hydrogen-bond donors (Lipinski definition) is 0. The maximum atomic E-state index is 12.8. The van der Waals surface area contributed by atoms with Gasteiger partial charge in [0.25, 0.3) is 0 Å². The Morgan fingerprint density at radius 3 is 2.48 bits per heavy atom. The van der Waals surface area contributed by atoms with Crippen molar-refractivity contribution in [1.82, 2.24) is 14.4 Å². The van der Waals surface area contributed by atoms with Gasteiger partial charge in [0, 0.05) is 17.5 Å². The summed E-state index contributed by atoms with van der Waals surface area (Å²) in [5.74, 6) is 0.803. The van der Waals surface area contributed by atoms with Crippen molar-refractivity contribution in [2.45, 2.75) is 18.9 Å². The van der Waals surface area contributed by atoms with Gasteiger partial charge in [-0.3, -0.25) is 0 Å². The van der Waals surface area contributed by atoms with Crippen LogP contribution in [0.25, 0.3) is 17.5 Å². The molecule has 1 atom stereocenters. The van der Waals surface area contributed by atoms with Gasteiger partial charge in [0.2, 0.25) is 21.7 Å². The lowest BCUT2D eigenvalue weighted by atomic mass is 10.2. The molecular formula is C20H19N3O3S. The van der Waals surface area contributed by atoms with Crippen molar-refractivity contribution in [3.05, 3.63) is 77.5 Å². The quantitative estimate of drug-likeness (QED) is 0.670. The molecule has 1 aromatic heterocycles. The minimum Gasteiger partial charge on any atom is -0.337 e. The first kappa shape index (κ1) is 17.6. The molecule has 6 nitrogen and oxygen atoms in total. The SMILES string of the molecule is O=S(=O)(C=Cc1ccccc1)N1CCCC1c1nc(-c2ccccc2)no1. The lowest BCUT2D eigenvalue weighted by Crippen LogP contribution is -2.29. The maximum absolute atomic E-state index is 12.8. The molecule has 0 aliphatic carbocycles. The van der Waals surface area contributed by atoms with Crippen LogP contribution in [0, 0.1) is 0 Å². The smallest absolute Gasteiger partial charge is 0.245 e. The first-order chi connectivity index (χ1) is 13.1. The summed E-state index contributed by atoms with van der Waals surface area (Å²) in [7, 11) is -3.59. The van der Waals surface area contributed by atoms with Crippen LogP contribution in [0.5, 0.6) is 0 Å². The Bertz CT molecular complexity index is 1030. The summed E-state index contributed by atoms with van der Waals surface area (Å²) in [6.07, 6.45) is 3.02. The predicted molar refractivity (Wildman–Crippen MR) is 103 cm³/mol. The molecule has 3 aromatic rings. The average molecular weight is 381 g/mol. The molecule has 0 amide bonds. The summed E-state index contributed by atoms with van der Waals surface area (Å²) in [4.78, 5) is 4.44. The second kappa shape index (κ2) is 7.46. The Kier molecular flexibility index (Phi) is 4.87. The third-order valence-electron chi connectivity index (χ3n) is 4.52. The summed E-state index contributed by atoms with van der Waals surface area (Å²) in [5, 5.41) is 5.26. The van der Waals surface area contributed by atoms with E-state index in [1.165, 1.54) is 9.71 Å². The molecule has 2 aromatic carbocycles. The van der Waals surface area contributed by atoms with Crippen LogP contribution in [0.1, 0.15) is 30.3 Å². The van der Waals surface area contributed by atoms with Gasteiger partial charge in [-0.05, 0) is 24.5 Å². The van der Waals surface area contributed by atoms with Gasteiger partial charge >= 0.3 is 0 Å². The van der Waals surface area contributed by atoms with E-state index in [0.717, 1.165) is 17.5 Å². The second-order valence-electron chi connectivity index (χ2n) is 6.35. The lowest BCUT2D eigenvalue weighted by Gasteiger charge is -2.19. The zero-order valence-corrected chi connectivity index (χ0v) is 15.4. The molecule has 0 spiro atoms. The topological polar surface area (TPSA) is 76.3 Å². The van der Waals surface area contributed by atoms with Crippen LogP contribution in [0.3, 0.4) is 0 Å². The van der Waals surface area contributed by atoms with Crippen molar-refractivity contribution < 1.29 is 12.9 Å². The van der Waals surface area contributed by atoms with Crippen LogP contribution in [0.4, 0.5) is 0 Å². The van der Waals surface area contributed by atoms with E-state index >= 15 is 0 Å². The number of hydrogen-bond acceptors (Lipinski definition) is 5. The van der Waals surface area contributed by atoms with Crippen molar-refractivity contribution in [2.75, 3.05) is 6.54 Å². The number of sulfonamides is 1. The van der Waals surface area contributed by atoms with Gasteiger partial charge in [0.05, 0.1) is 0 Å². The van der Waals surface area contributed by atoms with E-state index in [1.54, 1.807) is 6.08 Å². The van der Waals surface area contributed by atoms with E-state index in [9.17, 15) is 8.42 Å². The molecule has 7 heteroatoms. The molecule has 0 N–H and O–H groups in total. The Hall–Kier alpha value is -2.77. The van der Waals surface area contributed by atoms with Gasteiger partial charge in [-0.1, -0.05) is 65.8 Å². The van der Waals surface area contributed by atoms with Crippen molar-refractivity contribution in [3.63, 3.8) is 0 Å². The molecular weight excluding hydrogens is 362 g/mol. The van der Waals surface area contributed by atoms with Gasteiger partial charge in [0.15, 0.2) is 0 Å². The van der Waals surface area contributed by atoms with Crippen molar-refractivity contribution in [2.24, 2.45) is 0 Å². The molecule has 2 heterocycles. The first-order valence-corrected chi connectivity index (χ1v) is 10.3. The normalized spacial score (nSPS) is 18.3. The summed E-state index contributed by atoms with van der Waals surface area (Å²) in [6, 6.07) is 18.4. The molecule has 0 radical (unpaired) electrons. The fourth-order valence-corrected chi connectivity index (χ4v) is 4.59. The van der Waals surface area contributed by atoms with E-state index in [0.29, 0.717) is 24.7 Å². The van der Waals surface area contributed by atoms with Gasteiger partial charge in [-0.15, -0.1) is 0 Å². The molecule has 0 saturated carbocycles. The van der Waals surface area contributed by atoms with Crippen molar-refractivity contribution >= 4 is 16.1 Å². The van der Waals surface area contributed by atoms with Gasteiger partial charge < -0.3 is 4.52 Å². The zero-order chi connectivity index (χ0) is 18.7. The van der Waals surface area contributed by atoms with E-state index in [-0.39, 0.29) is 0 Å². The van der Waals surface area contributed by atoms with E-state index < -0.39 is 16.1 Å². The third kappa shape index (κ3) is 3.84. The molecule has 1 unspecified atom stereocenters. The highest BCUT2D eigenvalue weighted by Gasteiger charge is 2.37. The lowest BCUT2D eigenvalue weighted by molar-refractivity contribution is 0.292. The van der Waals surface area contributed by atoms with E-state index in [2.05, 4.69) is 10.1 Å².